The van der Waals surface area contributed by atoms with E-state index in [9.17, 15) is 9.59 Å². The van der Waals surface area contributed by atoms with Crippen LogP contribution in [0.5, 0.6) is 0 Å². The Morgan fingerprint density at radius 3 is 2.66 bits per heavy atom. The van der Waals surface area contributed by atoms with Gasteiger partial charge in [-0.05, 0) is 67.2 Å². The van der Waals surface area contributed by atoms with Crippen LogP contribution < -0.4 is 10.2 Å². The number of hydrogen-bond donors (Lipinski definition) is 2. The minimum absolute atomic E-state index is 0.238. The molecule has 3 amide bonds. The van der Waals surface area contributed by atoms with Gasteiger partial charge in [0, 0.05) is 36.8 Å². The Kier molecular flexibility index (Phi) is 5.65. The zero-order valence-electron chi connectivity index (χ0n) is 18.1. The summed E-state index contributed by atoms with van der Waals surface area (Å²) >= 11 is 4.45. The van der Waals surface area contributed by atoms with Crippen LogP contribution in [0.1, 0.15) is 36.3 Å². The van der Waals surface area contributed by atoms with E-state index in [4.69, 9.17) is 0 Å². The molecule has 3 heterocycles. The molecular weight excluding hydrogens is 422 g/mol. The third-order valence-corrected chi connectivity index (χ3v) is 6.82. The SMILES string of the molecule is Cn1nc(N2CCC(=O)NC2=O)c2ccc(C3CCN(Cc4cccc(S)c4)CC3)cc21. The maximum Gasteiger partial charge on any atom is 0.329 e. The zero-order chi connectivity index (χ0) is 22.2. The first kappa shape index (κ1) is 21.0. The van der Waals surface area contributed by atoms with Gasteiger partial charge in [0.05, 0.1) is 5.52 Å². The number of imide groups is 1. The highest BCUT2D eigenvalue weighted by atomic mass is 32.1. The van der Waals surface area contributed by atoms with E-state index in [0.717, 1.165) is 48.3 Å². The van der Waals surface area contributed by atoms with Crippen LogP contribution in [-0.4, -0.2) is 46.3 Å². The minimum Gasteiger partial charge on any atom is -0.299 e. The molecule has 0 unspecified atom stereocenters. The molecule has 0 radical (unpaired) electrons. The number of benzene rings is 2. The van der Waals surface area contributed by atoms with Gasteiger partial charge in [0.2, 0.25) is 5.91 Å². The normalized spacial score (nSPS) is 18.4. The van der Waals surface area contributed by atoms with Gasteiger partial charge >= 0.3 is 6.03 Å². The number of hydrogen-bond acceptors (Lipinski definition) is 5. The first-order chi connectivity index (χ1) is 15.5. The van der Waals surface area contributed by atoms with Gasteiger partial charge < -0.3 is 0 Å². The molecule has 7 nitrogen and oxygen atoms in total. The van der Waals surface area contributed by atoms with Crippen LogP contribution >= 0.6 is 12.6 Å². The van der Waals surface area contributed by atoms with E-state index in [1.165, 1.54) is 11.1 Å². The molecule has 3 aromatic rings. The summed E-state index contributed by atoms with van der Waals surface area (Å²) in [6, 6.07) is 14.4. The number of piperidine rings is 1. The number of thiol groups is 1. The van der Waals surface area contributed by atoms with Gasteiger partial charge in [-0.25, -0.2) is 4.79 Å². The van der Waals surface area contributed by atoms with E-state index in [0.29, 0.717) is 24.7 Å². The molecule has 166 valence electrons. The molecule has 2 fully saturated rings. The molecule has 0 spiro atoms. The Hall–Kier alpha value is -2.84. The molecule has 0 aliphatic carbocycles. The number of anilines is 1. The number of carbonyl (C=O) groups is 2. The van der Waals surface area contributed by atoms with Crippen molar-refractivity contribution in [3.8, 4) is 0 Å². The number of rotatable bonds is 4. The van der Waals surface area contributed by atoms with Crippen molar-refractivity contribution in [2.24, 2.45) is 7.05 Å². The van der Waals surface area contributed by atoms with Gasteiger partial charge in [-0.15, -0.1) is 12.6 Å². The molecule has 1 N–H and O–H groups in total. The van der Waals surface area contributed by atoms with E-state index in [-0.39, 0.29) is 5.91 Å². The van der Waals surface area contributed by atoms with Crippen LogP contribution in [0.15, 0.2) is 47.4 Å². The number of likely N-dealkylation sites (tertiary alicyclic amines) is 1. The molecule has 8 heteroatoms. The van der Waals surface area contributed by atoms with Gasteiger partial charge in [0.1, 0.15) is 0 Å². The van der Waals surface area contributed by atoms with Crippen LogP contribution in [0.2, 0.25) is 0 Å². The third kappa shape index (κ3) is 4.12. The summed E-state index contributed by atoms with van der Waals surface area (Å²) in [5.41, 5.74) is 3.64. The lowest BCUT2D eigenvalue weighted by molar-refractivity contribution is -0.120. The van der Waals surface area contributed by atoms with Crippen molar-refractivity contribution in [1.82, 2.24) is 20.0 Å². The Morgan fingerprint density at radius 2 is 1.91 bits per heavy atom. The molecule has 2 saturated heterocycles. The quantitative estimate of drug-likeness (QED) is 0.596. The molecule has 0 bridgehead atoms. The van der Waals surface area contributed by atoms with Gasteiger partial charge in [0.15, 0.2) is 5.82 Å². The van der Waals surface area contributed by atoms with Crippen LogP contribution in [0.4, 0.5) is 10.6 Å². The lowest BCUT2D eigenvalue weighted by Crippen LogP contribution is -2.49. The standard InChI is InChI=1S/C24H27N5O2S/c1-27-21-14-18(5-6-20(21)23(26-27)29-12-9-22(30)25-24(29)31)17-7-10-28(11-8-17)15-16-3-2-4-19(32)13-16/h2-6,13-14,17,32H,7-12,15H2,1H3,(H,25,30,31). The van der Waals surface area contributed by atoms with Crippen molar-refractivity contribution in [2.75, 3.05) is 24.5 Å². The summed E-state index contributed by atoms with van der Waals surface area (Å²) in [5, 5.41) is 7.91. The fourth-order valence-corrected chi connectivity index (χ4v) is 5.06. The molecule has 0 atom stereocenters. The van der Waals surface area contributed by atoms with E-state index < -0.39 is 6.03 Å². The van der Waals surface area contributed by atoms with Crippen molar-refractivity contribution >= 4 is 41.3 Å². The van der Waals surface area contributed by atoms with E-state index in [1.807, 2.05) is 17.8 Å². The number of nitrogens with one attached hydrogen (secondary N) is 1. The topological polar surface area (TPSA) is 70.5 Å². The zero-order valence-corrected chi connectivity index (χ0v) is 19.0. The lowest BCUT2D eigenvalue weighted by atomic mass is 9.89. The largest absolute Gasteiger partial charge is 0.329 e. The first-order valence-electron chi connectivity index (χ1n) is 11.1. The number of amides is 3. The molecule has 1 aromatic heterocycles. The second-order valence-corrected chi connectivity index (χ2v) is 9.22. The molecular formula is C24H27N5O2S. The van der Waals surface area contributed by atoms with Gasteiger partial charge in [-0.1, -0.05) is 18.2 Å². The maximum atomic E-state index is 12.3. The molecule has 2 aliphatic rings. The van der Waals surface area contributed by atoms with Crippen molar-refractivity contribution in [3.05, 3.63) is 53.6 Å². The number of nitrogens with zero attached hydrogens (tertiary/aromatic N) is 4. The molecule has 0 saturated carbocycles. The predicted molar refractivity (Wildman–Crippen MR) is 127 cm³/mol. The minimum atomic E-state index is -0.402. The summed E-state index contributed by atoms with van der Waals surface area (Å²) in [6.07, 6.45) is 2.53. The Bertz CT molecular complexity index is 1180. The number of aromatic nitrogens is 2. The van der Waals surface area contributed by atoms with Gasteiger partial charge in [-0.3, -0.25) is 24.6 Å². The third-order valence-electron chi connectivity index (χ3n) is 6.54. The number of fused-ring (bicyclic) bond motifs is 1. The van der Waals surface area contributed by atoms with Crippen molar-refractivity contribution in [3.63, 3.8) is 0 Å². The van der Waals surface area contributed by atoms with Crippen molar-refractivity contribution in [1.29, 1.82) is 0 Å². The van der Waals surface area contributed by atoms with Crippen molar-refractivity contribution in [2.45, 2.75) is 36.6 Å². The highest BCUT2D eigenvalue weighted by Gasteiger charge is 2.28. The molecule has 2 aliphatic heterocycles. The summed E-state index contributed by atoms with van der Waals surface area (Å²) in [7, 11) is 1.90. The summed E-state index contributed by atoms with van der Waals surface area (Å²) in [4.78, 5) is 28.9. The van der Waals surface area contributed by atoms with E-state index >= 15 is 0 Å². The Labute approximate surface area is 192 Å². The fourth-order valence-electron chi connectivity index (χ4n) is 4.81. The average molecular weight is 450 g/mol. The molecule has 5 rings (SSSR count). The number of carbonyl (C=O) groups excluding carboxylic acids is 2. The fraction of sp³-hybridized carbons (Fsp3) is 0.375. The van der Waals surface area contributed by atoms with Gasteiger partial charge in [-0.2, -0.15) is 5.10 Å². The summed E-state index contributed by atoms with van der Waals surface area (Å²) in [6.45, 7) is 3.45. The summed E-state index contributed by atoms with van der Waals surface area (Å²) < 4.78 is 1.83. The lowest BCUT2D eigenvalue weighted by Gasteiger charge is -2.32. The first-order valence-corrected chi connectivity index (χ1v) is 11.5. The summed E-state index contributed by atoms with van der Waals surface area (Å²) in [5.74, 6) is 0.889. The van der Waals surface area contributed by atoms with Gasteiger partial charge in [0.25, 0.3) is 0 Å². The molecule has 2 aromatic carbocycles. The highest BCUT2D eigenvalue weighted by molar-refractivity contribution is 7.80. The second kappa shape index (κ2) is 8.60. The molecule has 32 heavy (non-hydrogen) atoms. The monoisotopic (exact) mass is 449 g/mol. The highest BCUT2D eigenvalue weighted by Crippen LogP contribution is 2.33. The second-order valence-electron chi connectivity index (χ2n) is 8.70. The number of aryl methyl sites for hydroxylation is 1. The Morgan fingerprint density at radius 1 is 1.09 bits per heavy atom. The van der Waals surface area contributed by atoms with Crippen LogP contribution in [-0.2, 0) is 18.4 Å². The predicted octanol–water partition coefficient (Wildman–Crippen LogP) is 3.69. The van der Waals surface area contributed by atoms with E-state index in [2.05, 4.69) is 64.3 Å². The van der Waals surface area contributed by atoms with Crippen LogP contribution in [0.25, 0.3) is 10.9 Å². The van der Waals surface area contributed by atoms with Crippen LogP contribution in [0.3, 0.4) is 0 Å². The van der Waals surface area contributed by atoms with Crippen molar-refractivity contribution < 1.29 is 9.59 Å². The van der Waals surface area contributed by atoms with Crippen LogP contribution in [0, 0.1) is 0 Å². The average Bonchev–Trinajstić information content (AvgIpc) is 3.10. The smallest absolute Gasteiger partial charge is 0.299 e. The van der Waals surface area contributed by atoms with E-state index in [1.54, 1.807) is 4.90 Å². The Balaban J connectivity index is 1.30. The number of urea groups is 1. The maximum absolute atomic E-state index is 12.3.